The molecule has 0 unspecified atom stereocenters. The Morgan fingerprint density at radius 3 is 2.29 bits per heavy atom. The Morgan fingerprint density at radius 1 is 1.24 bits per heavy atom. The van der Waals surface area contributed by atoms with E-state index in [0.717, 1.165) is 12.1 Å². The molecule has 0 bridgehead atoms. The molecule has 21 heavy (non-hydrogen) atoms. The zero-order chi connectivity index (χ0) is 16.4. The smallest absolute Gasteiger partial charge is 0.416 e. The summed E-state index contributed by atoms with van der Waals surface area (Å²) >= 11 is 0. The third-order valence-corrected chi connectivity index (χ3v) is 2.47. The highest BCUT2D eigenvalue weighted by Crippen LogP contribution is 2.31. The Balaban J connectivity index is 2.88. The molecule has 0 atom stereocenters. The van der Waals surface area contributed by atoms with E-state index >= 15 is 0 Å². The maximum absolute atomic E-state index is 12.7. The van der Waals surface area contributed by atoms with Crippen LogP contribution in [0.15, 0.2) is 18.2 Å². The summed E-state index contributed by atoms with van der Waals surface area (Å²) < 4.78 is 43.2. The molecule has 1 aromatic carbocycles. The molecular weight excluding hydrogens is 285 g/mol. The molecule has 0 aromatic heterocycles. The number of amides is 1. The predicted molar refractivity (Wildman–Crippen MR) is 73.6 cm³/mol. The summed E-state index contributed by atoms with van der Waals surface area (Å²) in [6.45, 7) is 5.10. The first-order valence-corrected chi connectivity index (χ1v) is 6.29. The Bertz CT molecular complexity index is 522. The van der Waals surface area contributed by atoms with Gasteiger partial charge in [-0.15, -0.1) is 0 Å². The first kappa shape index (κ1) is 17.1. The quantitative estimate of drug-likeness (QED) is 0.848. The Labute approximate surface area is 121 Å². The standard InChI is InChI=1S/C14H19F3N2O2/c1-13(2,3)21-12(20)19(4)8-9-5-10(14(15,16)17)7-11(18)6-9/h5-7H,8,18H2,1-4H3. The van der Waals surface area contributed by atoms with Crippen LogP contribution in [0.4, 0.5) is 23.7 Å². The molecule has 0 fully saturated rings. The number of halogens is 3. The van der Waals surface area contributed by atoms with Crippen molar-refractivity contribution >= 4 is 11.8 Å². The van der Waals surface area contributed by atoms with Crippen molar-refractivity contribution in [2.24, 2.45) is 0 Å². The van der Waals surface area contributed by atoms with E-state index in [1.807, 2.05) is 0 Å². The molecule has 1 amide bonds. The summed E-state index contributed by atoms with van der Waals surface area (Å²) in [6, 6.07) is 3.23. The maximum atomic E-state index is 12.7. The van der Waals surface area contributed by atoms with Gasteiger partial charge in [0.05, 0.1) is 5.56 Å². The fraction of sp³-hybridized carbons (Fsp3) is 0.500. The molecule has 2 N–H and O–H groups in total. The van der Waals surface area contributed by atoms with Crippen LogP contribution in [0.5, 0.6) is 0 Å². The first-order chi connectivity index (χ1) is 9.38. The Hall–Kier alpha value is -1.92. The molecule has 0 saturated heterocycles. The molecule has 0 aliphatic heterocycles. The van der Waals surface area contributed by atoms with Crippen molar-refractivity contribution in [3.8, 4) is 0 Å². The monoisotopic (exact) mass is 304 g/mol. The molecule has 0 saturated carbocycles. The number of anilines is 1. The highest BCUT2D eigenvalue weighted by molar-refractivity contribution is 5.67. The summed E-state index contributed by atoms with van der Waals surface area (Å²) in [7, 11) is 1.45. The van der Waals surface area contributed by atoms with Crippen LogP contribution in [-0.2, 0) is 17.5 Å². The summed E-state index contributed by atoms with van der Waals surface area (Å²) in [5.74, 6) is 0. The topological polar surface area (TPSA) is 55.6 Å². The van der Waals surface area contributed by atoms with E-state index in [9.17, 15) is 18.0 Å². The predicted octanol–water partition coefficient (Wildman–Crippen LogP) is 3.65. The fourth-order valence-electron chi connectivity index (χ4n) is 1.65. The van der Waals surface area contributed by atoms with Crippen molar-refractivity contribution in [3.05, 3.63) is 29.3 Å². The number of benzene rings is 1. The molecule has 118 valence electrons. The zero-order valence-corrected chi connectivity index (χ0v) is 12.4. The van der Waals surface area contributed by atoms with E-state index in [1.54, 1.807) is 20.8 Å². The SMILES string of the molecule is CN(Cc1cc(N)cc(C(F)(F)F)c1)C(=O)OC(C)(C)C. The highest BCUT2D eigenvalue weighted by atomic mass is 19.4. The molecule has 0 aliphatic rings. The number of nitrogens with two attached hydrogens (primary N) is 1. The zero-order valence-electron chi connectivity index (χ0n) is 12.4. The number of ether oxygens (including phenoxy) is 1. The van der Waals surface area contributed by atoms with Crippen molar-refractivity contribution in [2.75, 3.05) is 12.8 Å². The van der Waals surface area contributed by atoms with Gasteiger partial charge in [-0.25, -0.2) is 4.79 Å². The van der Waals surface area contributed by atoms with E-state index < -0.39 is 23.4 Å². The van der Waals surface area contributed by atoms with E-state index in [0.29, 0.717) is 0 Å². The van der Waals surface area contributed by atoms with Crippen LogP contribution in [0, 0.1) is 0 Å². The molecule has 4 nitrogen and oxygen atoms in total. The summed E-state index contributed by atoms with van der Waals surface area (Å²) in [5, 5.41) is 0. The van der Waals surface area contributed by atoms with Gasteiger partial charge in [0.1, 0.15) is 5.60 Å². The van der Waals surface area contributed by atoms with Gasteiger partial charge in [-0.2, -0.15) is 13.2 Å². The van der Waals surface area contributed by atoms with Crippen molar-refractivity contribution in [1.29, 1.82) is 0 Å². The van der Waals surface area contributed by atoms with E-state index in [-0.39, 0.29) is 17.8 Å². The van der Waals surface area contributed by atoms with Crippen LogP contribution in [0.25, 0.3) is 0 Å². The summed E-state index contributed by atoms with van der Waals surface area (Å²) in [6.07, 6.45) is -5.09. The summed E-state index contributed by atoms with van der Waals surface area (Å²) in [4.78, 5) is 13.0. The number of hydrogen-bond donors (Lipinski definition) is 1. The van der Waals surface area contributed by atoms with Gasteiger partial charge in [-0.3, -0.25) is 0 Å². The van der Waals surface area contributed by atoms with Crippen molar-refractivity contribution in [3.63, 3.8) is 0 Å². The van der Waals surface area contributed by atoms with Gasteiger partial charge in [-0.1, -0.05) is 0 Å². The van der Waals surface area contributed by atoms with Crippen LogP contribution in [0.3, 0.4) is 0 Å². The minimum Gasteiger partial charge on any atom is -0.444 e. The van der Waals surface area contributed by atoms with Gasteiger partial charge in [0.2, 0.25) is 0 Å². The molecular formula is C14H19F3N2O2. The van der Waals surface area contributed by atoms with Crippen LogP contribution < -0.4 is 5.73 Å². The number of carbonyl (C=O) groups excluding carboxylic acids is 1. The second kappa shape index (κ2) is 5.83. The minimum atomic E-state index is -4.48. The normalized spacial score (nSPS) is 12.1. The number of rotatable bonds is 2. The first-order valence-electron chi connectivity index (χ1n) is 6.29. The second-order valence-electron chi connectivity index (χ2n) is 5.80. The highest BCUT2D eigenvalue weighted by Gasteiger charge is 2.31. The van der Waals surface area contributed by atoms with Gasteiger partial charge in [-0.05, 0) is 44.5 Å². The number of nitrogen functional groups attached to an aromatic ring is 1. The summed E-state index contributed by atoms with van der Waals surface area (Å²) in [5.41, 5.74) is 4.25. The fourth-order valence-corrected chi connectivity index (χ4v) is 1.65. The average molecular weight is 304 g/mol. The molecule has 0 spiro atoms. The Kier molecular flexibility index (Phi) is 4.76. The van der Waals surface area contributed by atoms with E-state index in [2.05, 4.69) is 0 Å². The van der Waals surface area contributed by atoms with Crippen LogP contribution >= 0.6 is 0 Å². The van der Waals surface area contributed by atoms with Gasteiger partial charge >= 0.3 is 12.3 Å². The van der Waals surface area contributed by atoms with Gasteiger partial charge in [0.25, 0.3) is 0 Å². The molecule has 0 aliphatic carbocycles. The van der Waals surface area contributed by atoms with Crippen LogP contribution in [0.2, 0.25) is 0 Å². The van der Waals surface area contributed by atoms with Gasteiger partial charge in [0, 0.05) is 19.3 Å². The van der Waals surface area contributed by atoms with Crippen LogP contribution in [0.1, 0.15) is 31.9 Å². The number of carbonyl (C=O) groups is 1. The maximum Gasteiger partial charge on any atom is 0.416 e. The molecule has 1 rings (SSSR count). The number of nitrogens with zero attached hydrogens (tertiary/aromatic N) is 1. The molecule has 0 radical (unpaired) electrons. The van der Waals surface area contributed by atoms with Crippen LogP contribution in [-0.4, -0.2) is 23.6 Å². The third kappa shape index (κ3) is 5.53. The van der Waals surface area contributed by atoms with Gasteiger partial charge < -0.3 is 15.4 Å². The van der Waals surface area contributed by atoms with E-state index in [1.165, 1.54) is 18.0 Å². The van der Waals surface area contributed by atoms with Gasteiger partial charge in [0.15, 0.2) is 0 Å². The lowest BCUT2D eigenvalue weighted by atomic mass is 10.1. The van der Waals surface area contributed by atoms with E-state index in [4.69, 9.17) is 10.5 Å². The number of alkyl halides is 3. The van der Waals surface area contributed by atoms with Crippen molar-refractivity contribution in [1.82, 2.24) is 4.90 Å². The largest absolute Gasteiger partial charge is 0.444 e. The van der Waals surface area contributed by atoms with Crippen molar-refractivity contribution in [2.45, 2.75) is 39.1 Å². The lowest BCUT2D eigenvalue weighted by molar-refractivity contribution is -0.137. The lowest BCUT2D eigenvalue weighted by Gasteiger charge is -2.25. The lowest BCUT2D eigenvalue weighted by Crippen LogP contribution is -2.33. The average Bonchev–Trinajstić information content (AvgIpc) is 2.24. The number of hydrogen-bond acceptors (Lipinski definition) is 3. The molecule has 0 heterocycles. The third-order valence-electron chi connectivity index (χ3n) is 2.47. The van der Waals surface area contributed by atoms with Crippen molar-refractivity contribution < 1.29 is 22.7 Å². The Morgan fingerprint density at radius 2 is 1.81 bits per heavy atom. The second-order valence-corrected chi connectivity index (χ2v) is 5.80. The molecule has 1 aromatic rings. The molecule has 7 heteroatoms. The minimum absolute atomic E-state index is 0.00239.